The van der Waals surface area contributed by atoms with Crippen LogP contribution in [0, 0.1) is 6.92 Å². The maximum absolute atomic E-state index is 8.96. The van der Waals surface area contributed by atoms with E-state index in [1.807, 2.05) is 0 Å². The van der Waals surface area contributed by atoms with Crippen LogP contribution >= 0.6 is 0 Å². The summed E-state index contributed by atoms with van der Waals surface area (Å²) in [6, 6.07) is 6.34. The monoisotopic (exact) mass is 288 g/mol. The summed E-state index contributed by atoms with van der Waals surface area (Å²) < 4.78 is 0. The number of H-pyrrole nitrogens is 1. The van der Waals surface area contributed by atoms with Crippen molar-refractivity contribution in [3.05, 3.63) is 29.6 Å². The smallest absolute Gasteiger partial charge is 0.108 e. The van der Waals surface area contributed by atoms with Gasteiger partial charge < -0.3 is 15.0 Å². The number of β-amino-alcohol motifs (C(OH)–C–C–N with tert-alkyl or cyclic N) is 1. The number of piperazine rings is 1. The number of aliphatic hydroxyl groups is 1. The number of aromatic nitrogens is 2. The van der Waals surface area contributed by atoms with E-state index in [9.17, 15) is 0 Å². The van der Waals surface area contributed by atoms with Crippen molar-refractivity contribution in [2.75, 3.05) is 45.9 Å². The molecule has 3 rings (SSSR count). The summed E-state index contributed by atoms with van der Waals surface area (Å²) in [5.41, 5.74) is 3.46. The second-order valence-corrected chi connectivity index (χ2v) is 5.86. The SMILES string of the molecule is Cc1ccc2nc(CCN3CCN(CCO)CC3)[nH]c2c1. The Hall–Kier alpha value is -1.43. The Labute approximate surface area is 125 Å². The zero-order chi connectivity index (χ0) is 14.7. The highest BCUT2D eigenvalue weighted by molar-refractivity contribution is 5.75. The third-order valence-electron chi connectivity index (χ3n) is 4.23. The molecule has 0 spiro atoms. The Bertz CT molecular complexity index is 587. The molecule has 1 aliphatic rings. The lowest BCUT2D eigenvalue weighted by Crippen LogP contribution is -2.47. The predicted octanol–water partition coefficient (Wildman–Crippen LogP) is 1.02. The molecular formula is C16H24N4O. The molecule has 1 saturated heterocycles. The Morgan fingerprint density at radius 1 is 1.14 bits per heavy atom. The average Bonchev–Trinajstić information content (AvgIpc) is 2.89. The van der Waals surface area contributed by atoms with Gasteiger partial charge in [0.05, 0.1) is 17.6 Å². The van der Waals surface area contributed by atoms with Gasteiger partial charge in [-0.05, 0) is 24.6 Å². The van der Waals surface area contributed by atoms with Crippen molar-refractivity contribution in [2.24, 2.45) is 0 Å². The van der Waals surface area contributed by atoms with E-state index in [-0.39, 0.29) is 6.61 Å². The summed E-state index contributed by atoms with van der Waals surface area (Å²) in [4.78, 5) is 12.9. The Morgan fingerprint density at radius 2 is 1.86 bits per heavy atom. The fourth-order valence-corrected chi connectivity index (χ4v) is 2.94. The van der Waals surface area contributed by atoms with Crippen LogP contribution < -0.4 is 0 Å². The van der Waals surface area contributed by atoms with E-state index in [0.717, 1.165) is 62.5 Å². The van der Waals surface area contributed by atoms with Crippen LogP contribution in [0.4, 0.5) is 0 Å². The van der Waals surface area contributed by atoms with Crippen molar-refractivity contribution in [2.45, 2.75) is 13.3 Å². The van der Waals surface area contributed by atoms with E-state index in [4.69, 9.17) is 5.11 Å². The largest absolute Gasteiger partial charge is 0.395 e. The van der Waals surface area contributed by atoms with Gasteiger partial charge in [0.25, 0.3) is 0 Å². The van der Waals surface area contributed by atoms with Crippen molar-refractivity contribution in [3.63, 3.8) is 0 Å². The summed E-state index contributed by atoms with van der Waals surface area (Å²) in [6.07, 6.45) is 0.966. The van der Waals surface area contributed by atoms with Crippen LogP contribution in [0.1, 0.15) is 11.4 Å². The standard InChI is InChI=1S/C16H24N4O/c1-13-2-3-14-15(12-13)18-16(17-14)4-5-19-6-8-20(9-7-19)10-11-21/h2-3,12,21H,4-11H2,1H3,(H,17,18). The van der Waals surface area contributed by atoms with E-state index in [0.29, 0.717) is 0 Å². The Kier molecular flexibility index (Phi) is 4.53. The first kappa shape index (κ1) is 14.5. The van der Waals surface area contributed by atoms with Crippen LogP contribution in [0.5, 0.6) is 0 Å². The van der Waals surface area contributed by atoms with E-state index < -0.39 is 0 Å². The second kappa shape index (κ2) is 6.56. The van der Waals surface area contributed by atoms with Gasteiger partial charge in [0.1, 0.15) is 5.82 Å². The van der Waals surface area contributed by atoms with E-state index >= 15 is 0 Å². The van der Waals surface area contributed by atoms with Crippen molar-refractivity contribution in [1.29, 1.82) is 0 Å². The van der Waals surface area contributed by atoms with Crippen LogP contribution in [0.25, 0.3) is 11.0 Å². The lowest BCUT2D eigenvalue weighted by atomic mass is 10.2. The topological polar surface area (TPSA) is 55.4 Å². The predicted molar refractivity (Wildman–Crippen MR) is 84.5 cm³/mol. The number of nitrogens with one attached hydrogen (secondary N) is 1. The minimum atomic E-state index is 0.262. The maximum atomic E-state index is 8.96. The molecule has 2 N–H and O–H groups in total. The fraction of sp³-hybridized carbons (Fsp3) is 0.562. The molecule has 114 valence electrons. The van der Waals surface area contributed by atoms with Gasteiger partial charge in [-0.2, -0.15) is 0 Å². The number of rotatable bonds is 5. The van der Waals surface area contributed by atoms with Gasteiger partial charge in [-0.3, -0.25) is 4.90 Å². The first-order valence-electron chi connectivity index (χ1n) is 7.75. The minimum Gasteiger partial charge on any atom is -0.395 e. The number of benzene rings is 1. The molecule has 0 atom stereocenters. The Morgan fingerprint density at radius 3 is 2.57 bits per heavy atom. The molecule has 1 aliphatic heterocycles. The van der Waals surface area contributed by atoms with Gasteiger partial charge in [0.15, 0.2) is 0 Å². The van der Waals surface area contributed by atoms with Gasteiger partial charge in [-0.25, -0.2) is 4.98 Å². The summed E-state index contributed by atoms with van der Waals surface area (Å²) in [6.45, 7) is 8.49. The molecule has 5 nitrogen and oxygen atoms in total. The highest BCUT2D eigenvalue weighted by atomic mass is 16.3. The maximum Gasteiger partial charge on any atom is 0.108 e. The minimum absolute atomic E-state index is 0.262. The zero-order valence-electron chi connectivity index (χ0n) is 12.7. The molecule has 21 heavy (non-hydrogen) atoms. The van der Waals surface area contributed by atoms with E-state index in [1.165, 1.54) is 5.56 Å². The molecule has 5 heteroatoms. The summed E-state index contributed by atoms with van der Waals surface area (Å²) >= 11 is 0. The molecule has 1 aromatic carbocycles. The quantitative estimate of drug-likeness (QED) is 0.862. The number of aliphatic hydroxyl groups excluding tert-OH is 1. The van der Waals surface area contributed by atoms with Crippen molar-refractivity contribution < 1.29 is 5.11 Å². The molecule has 0 unspecified atom stereocenters. The van der Waals surface area contributed by atoms with Gasteiger partial charge in [-0.15, -0.1) is 0 Å². The van der Waals surface area contributed by atoms with Crippen molar-refractivity contribution >= 4 is 11.0 Å². The van der Waals surface area contributed by atoms with Crippen LogP contribution in [-0.4, -0.2) is 70.7 Å². The first-order valence-corrected chi connectivity index (χ1v) is 7.75. The normalized spacial score (nSPS) is 17.6. The average molecular weight is 288 g/mol. The van der Waals surface area contributed by atoms with Crippen LogP contribution in [0.15, 0.2) is 18.2 Å². The molecule has 0 amide bonds. The molecular weight excluding hydrogens is 264 g/mol. The van der Waals surface area contributed by atoms with E-state index in [1.54, 1.807) is 0 Å². The second-order valence-electron chi connectivity index (χ2n) is 5.86. The molecule has 2 heterocycles. The van der Waals surface area contributed by atoms with Gasteiger partial charge in [-0.1, -0.05) is 6.07 Å². The van der Waals surface area contributed by atoms with Crippen LogP contribution in [0.3, 0.4) is 0 Å². The molecule has 0 aliphatic carbocycles. The lowest BCUT2D eigenvalue weighted by Gasteiger charge is -2.34. The summed E-state index contributed by atoms with van der Waals surface area (Å²) in [7, 11) is 0. The molecule has 1 aromatic heterocycles. The molecule has 0 bridgehead atoms. The summed E-state index contributed by atoms with van der Waals surface area (Å²) in [5.74, 6) is 1.08. The third kappa shape index (κ3) is 3.61. The molecule has 2 aromatic rings. The summed E-state index contributed by atoms with van der Waals surface area (Å²) in [5, 5.41) is 8.96. The number of hydrogen-bond acceptors (Lipinski definition) is 4. The number of aryl methyl sites for hydroxylation is 1. The van der Waals surface area contributed by atoms with Gasteiger partial charge in [0, 0.05) is 45.7 Å². The number of imidazole rings is 1. The van der Waals surface area contributed by atoms with Crippen molar-refractivity contribution in [3.8, 4) is 0 Å². The van der Waals surface area contributed by atoms with Gasteiger partial charge in [0.2, 0.25) is 0 Å². The number of aromatic amines is 1. The number of fused-ring (bicyclic) bond motifs is 1. The highest BCUT2D eigenvalue weighted by Gasteiger charge is 2.16. The Balaban J connectivity index is 1.52. The highest BCUT2D eigenvalue weighted by Crippen LogP contribution is 2.14. The molecule has 0 radical (unpaired) electrons. The first-order chi connectivity index (χ1) is 10.2. The third-order valence-corrected chi connectivity index (χ3v) is 4.23. The van der Waals surface area contributed by atoms with Crippen molar-refractivity contribution in [1.82, 2.24) is 19.8 Å². The van der Waals surface area contributed by atoms with Gasteiger partial charge >= 0.3 is 0 Å². The fourth-order valence-electron chi connectivity index (χ4n) is 2.94. The zero-order valence-corrected chi connectivity index (χ0v) is 12.7. The van der Waals surface area contributed by atoms with E-state index in [2.05, 4.69) is 44.9 Å². The van der Waals surface area contributed by atoms with Crippen LogP contribution in [0.2, 0.25) is 0 Å². The lowest BCUT2D eigenvalue weighted by molar-refractivity contribution is 0.113. The van der Waals surface area contributed by atoms with Crippen LogP contribution in [-0.2, 0) is 6.42 Å². The number of nitrogens with zero attached hydrogens (tertiary/aromatic N) is 3. The number of hydrogen-bond donors (Lipinski definition) is 2. The molecule has 0 saturated carbocycles. The molecule has 1 fully saturated rings.